The van der Waals surface area contributed by atoms with Gasteiger partial charge in [0.1, 0.15) is 5.73 Å². The van der Waals surface area contributed by atoms with Gasteiger partial charge in [-0.15, -0.1) is 0 Å². The Morgan fingerprint density at radius 2 is 1.41 bits per heavy atom. The molecule has 0 aliphatic heterocycles. The first-order chi connectivity index (χ1) is 10.6. The van der Waals surface area contributed by atoms with Crippen LogP contribution in [0.5, 0.6) is 0 Å². The van der Waals surface area contributed by atoms with Gasteiger partial charge in [0.2, 0.25) is 0 Å². The molecule has 0 aromatic rings. The zero-order chi connectivity index (χ0) is 16.8. The van der Waals surface area contributed by atoms with E-state index in [9.17, 15) is 0 Å². The quantitative estimate of drug-likeness (QED) is 0.251. The monoisotopic (exact) mass is 332 g/mol. The van der Waals surface area contributed by atoms with E-state index in [1.165, 1.54) is 38.5 Å². The van der Waals surface area contributed by atoms with Gasteiger partial charge in [0.05, 0.1) is 6.61 Å². The lowest BCUT2D eigenvalue weighted by molar-refractivity contribution is 0.0167. The Labute approximate surface area is 138 Å². The van der Waals surface area contributed by atoms with Gasteiger partial charge in [0, 0.05) is 21.3 Å². The summed E-state index contributed by atoms with van der Waals surface area (Å²) in [5.41, 5.74) is 0.871. The number of rotatable bonds is 15. The summed E-state index contributed by atoms with van der Waals surface area (Å²) in [6, 6.07) is 0. The molecule has 0 amide bonds. The third kappa shape index (κ3) is 8.43. The van der Waals surface area contributed by atoms with Crippen molar-refractivity contribution in [3.05, 3.63) is 12.2 Å². The molecule has 132 valence electrons. The fourth-order valence-corrected chi connectivity index (χ4v) is 4.67. The molecule has 0 aliphatic carbocycles. The molecule has 0 spiro atoms. The maximum absolute atomic E-state index is 5.97. The average molecular weight is 333 g/mol. The van der Waals surface area contributed by atoms with Gasteiger partial charge in [-0.2, -0.15) is 0 Å². The van der Waals surface area contributed by atoms with Crippen LogP contribution in [0.3, 0.4) is 0 Å². The first-order valence-electron chi connectivity index (χ1n) is 8.47. The van der Waals surface area contributed by atoms with Crippen LogP contribution in [0, 0.1) is 0 Å². The first kappa shape index (κ1) is 21.8. The van der Waals surface area contributed by atoms with Gasteiger partial charge in [0.15, 0.2) is 0 Å². The van der Waals surface area contributed by atoms with Crippen LogP contribution in [-0.2, 0) is 18.0 Å². The minimum absolute atomic E-state index is 0.125. The lowest BCUT2D eigenvalue weighted by Gasteiger charge is -2.32. The molecule has 0 bridgehead atoms. The van der Waals surface area contributed by atoms with E-state index in [0.717, 1.165) is 18.4 Å². The van der Waals surface area contributed by atoms with Gasteiger partial charge in [0.25, 0.3) is 0 Å². The van der Waals surface area contributed by atoms with E-state index in [2.05, 4.69) is 13.5 Å². The summed E-state index contributed by atoms with van der Waals surface area (Å²) in [6.07, 6.45) is 9.83. The molecule has 0 heterocycles. The molecular weight excluding hydrogens is 296 g/mol. The highest BCUT2D eigenvalue weighted by atomic mass is 28.4. The minimum Gasteiger partial charge on any atom is -0.375 e. The fourth-order valence-electron chi connectivity index (χ4n) is 2.54. The number of hydrogen-bond acceptors (Lipinski definition) is 4. The largest absolute Gasteiger partial charge is 0.530 e. The van der Waals surface area contributed by atoms with Crippen molar-refractivity contribution in [3.63, 3.8) is 0 Å². The van der Waals surface area contributed by atoms with Crippen molar-refractivity contribution in [2.24, 2.45) is 0 Å². The topological polar surface area (TPSA) is 36.9 Å². The van der Waals surface area contributed by atoms with Crippen molar-refractivity contribution >= 4 is 8.80 Å². The molecule has 0 aromatic carbocycles. The van der Waals surface area contributed by atoms with E-state index in [1.807, 2.05) is 6.92 Å². The molecule has 1 unspecified atom stereocenters. The molecule has 0 aliphatic rings. The van der Waals surface area contributed by atoms with E-state index < -0.39 is 8.80 Å². The lowest BCUT2D eigenvalue weighted by Crippen LogP contribution is -2.55. The van der Waals surface area contributed by atoms with Gasteiger partial charge in [-0.25, -0.2) is 0 Å². The third-order valence-corrected chi connectivity index (χ3v) is 6.80. The molecule has 0 saturated heterocycles. The summed E-state index contributed by atoms with van der Waals surface area (Å²) in [5, 5.41) is 0. The Hall–Kier alpha value is -0.203. The number of unbranched alkanes of at least 4 members (excludes halogenated alkanes) is 6. The maximum atomic E-state index is 5.97. The zero-order valence-electron chi connectivity index (χ0n) is 15.3. The van der Waals surface area contributed by atoms with Gasteiger partial charge < -0.3 is 18.0 Å². The summed E-state index contributed by atoms with van der Waals surface area (Å²) in [6.45, 7) is 8.62. The fraction of sp³-hybridized carbons (Fsp3) is 0.882. The molecule has 0 fully saturated rings. The number of ether oxygens (including phenoxy) is 1. The van der Waals surface area contributed by atoms with Crippen LogP contribution >= 0.6 is 0 Å². The van der Waals surface area contributed by atoms with E-state index in [4.69, 9.17) is 18.0 Å². The molecule has 0 rings (SSSR count). The summed E-state index contributed by atoms with van der Waals surface area (Å²) in [4.78, 5) is 0. The molecule has 1 atom stereocenters. The summed E-state index contributed by atoms with van der Waals surface area (Å²) < 4.78 is 22.7. The van der Waals surface area contributed by atoms with Crippen molar-refractivity contribution in [1.82, 2.24) is 0 Å². The first-order valence-corrected chi connectivity index (χ1v) is 10.3. The normalized spacial score (nSPS) is 13.3. The standard InChI is InChI=1S/C17H36O4Si/c1-7-8-9-10-11-12-13-14-17(21-15-16(2)3)22(18-4,19-5)20-6/h17H,2,7-15H2,1,3-6H3. The van der Waals surface area contributed by atoms with Gasteiger partial charge >= 0.3 is 8.80 Å². The second-order valence-electron chi connectivity index (χ2n) is 5.88. The Balaban J connectivity index is 4.32. The maximum Gasteiger partial charge on any atom is 0.530 e. The van der Waals surface area contributed by atoms with Crippen LogP contribution in [0.2, 0.25) is 0 Å². The highest BCUT2D eigenvalue weighted by molar-refractivity contribution is 6.62. The Bertz CT molecular complexity index is 272. The molecule has 0 N–H and O–H groups in total. The van der Waals surface area contributed by atoms with E-state index in [0.29, 0.717) is 6.61 Å². The molecular formula is C17H36O4Si. The molecule has 5 heteroatoms. The number of hydrogen-bond donors (Lipinski definition) is 0. The second-order valence-corrected chi connectivity index (χ2v) is 8.96. The second kappa shape index (κ2) is 13.3. The van der Waals surface area contributed by atoms with E-state index >= 15 is 0 Å². The highest BCUT2D eigenvalue weighted by Gasteiger charge is 2.48. The zero-order valence-corrected chi connectivity index (χ0v) is 16.3. The molecule has 0 saturated carbocycles. The van der Waals surface area contributed by atoms with Crippen molar-refractivity contribution in [2.75, 3.05) is 27.9 Å². The summed E-state index contributed by atoms with van der Waals surface area (Å²) in [7, 11) is 2.16. The smallest absolute Gasteiger partial charge is 0.375 e. The Morgan fingerprint density at radius 3 is 1.86 bits per heavy atom. The highest BCUT2D eigenvalue weighted by Crippen LogP contribution is 2.22. The van der Waals surface area contributed by atoms with Gasteiger partial charge in [-0.05, 0) is 13.3 Å². The minimum atomic E-state index is -2.76. The van der Waals surface area contributed by atoms with Crippen LogP contribution in [-0.4, -0.2) is 42.5 Å². The van der Waals surface area contributed by atoms with Gasteiger partial charge in [-0.3, -0.25) is 0 Å². The summed E-state index contributed by atoms with van der Waals surface area (Å²) >= 11 is 0. The van der Waals surface area contributed by atoms with Crippen molar-refractivity contribution < 1.29 is 18.0 Å². The van der Waals surface area contributed by atoms with Crippen molar-refractivity contribution in [1.29, 1.82) is 0 Å². The molecule has 22 heavy (non-hydrogen) atoms. The predicted molar refractivity (Wildman–Crippen MR) is 93.9 cm³/mol. The molecule has 0 radical (unpaired) electrons. The van der Waals surface area contributed by atoms with Crippen molar-refractivity contribution in [3.8, 4) is 0 Å². The van der Waals surface area contributed by atoms with Crippen molar-refractivity contribution in [2.45, 2.75) is 70.9 Å². The molecule has 4 nitrogen and oxygen atoms in total. The van der Waals surface area contributed by atoms with Crippen LogP contribution in [0.25, 0.3) is 0 Å². The predicted octanol–water partition coefficient (Wildman–Crippen LogP) is 4.51. The molecule has 0 aromatic heterocycles. The van der Waals surface area contributed by atoms with E-state index in [1.54, 1.807) is 21.3 Å². The van der Waals surface area contributed by atoms with E-state index in [-0.39, 0.29) is 5.73 Å². The van der Waals surface area contributed by atoms with Crippen LogP contribution in [0.4, 0.5) is 0 Å². The van der Waals surface area contributed by atoms with Crippen LogP contribution < -0.4 is 0 Å². The van der Waals surface area contributed by atoms with Crippen LogP contribution in [0.15, 0.2) is 12.2 Å². The summed E-state index contributed by atoms with van der Waals surface area (Å²) in [5.74, 6) is 0. The Morgan fingerprint density at radius 1 is 0.909 bits per heavy atom. The lowest BCUT2D eigenvalue weighted by atomic mass is 10.1. The average Bonchev–Trinajstić information content (AvgIpc) is 2.52. The SMILES string of the molecule is C=C(C)COC(CCCCCCCCC)[Si](OC)(OC)OC. The van der Waals surface area contributed by atoms with Gasteiger partial charge in [-0.1, -0.05) is 64.0 Å². The third-order valence-electron chi connectivity index (χ3n) is 3.85. The Kier molecular flexibility index (Phi) is 13.1. The van der Waals surface area contributed by atoms with Crippen LogP contribution in [0.1, 0.15) is 65.2 Å².